The van der Waals surface area contributed by atoms with Gasteiger partial charge in [-0.1, -0.05) is 41.3 Å². The van der Waals surface area contributed by atoms with Gasteiger partial charge in [0.25, 0.3) is 0 Å². The molecule has 2 nitrogen and oxygen atoms in total. The average Bonchev–Trinajstić information content (AvgIpc) is 2.66. The molecular weight excluding hydrogens is 233 g/mol. The van der Waals surface area contributed by atoms with Crippen LogP contribution in [-0.2, 0) is 4.84 Å². The number of halogens is 2. The minimum atomic E-state index is 0.160. The lowest BCUT2D eigenvalue weighted by atomic mass is 10.0. The molecular formula is C11H11Cl2NO. The molecule has 1 heterocycles. The monoisotopic (exact) mass is 243 g/mol. The Hall–Kier alpha value is -0.730. The molecule has 0 aliphatic carbocycles. The van der Waals surface area contributed by atoms with Gasteiger partial charge in [0, 0.05) is 12.0 Å². The summed E-state index contributed by atoms with van der Waals surface area (Å²) in [5.41, 5.74) is 1.65. The summed E-state index contributed by atoms with van der Waals surface area (Å²) in [6, 6.07) is 5.44. The van der Waals surface area contributed by atoms with Crippen LogP contribution < -0.4 is 0 Å². The Morgan fingerprint density at radius 1 is 1.40 bits per heavy atom. The van der Waals surface area contributed by atoms with Crippen LogP contribution in [0.2, 0.25) is 10.0 Å². The summed E-state index contributed by atoms with van der Waals surface area (Å²) in [6.07, 6.45) is 1.88. The zero-order chi connectivity index (χ0) is 10.8. The zero-order valence-electron chi connectivity index (χ0n) is 8.34. The second kappa shape index (κ2) is 4.42. The second-order valence-corrected chi connectivity index (χ2v) is 4.29. The van der Waals surface area contributed by atoms with Crippen LogP contribution in [0.15, 0.2) is 23.4 Å². The molecule has 1 aliphatic heterocycles. The van der Waals surface area contributed by atoms with Crippen molar-refractivity contribution in [2.75, 3.05) is 0 Å². The summed E-state index contributed by atoms with van der Waals surface area (Å²) in [6.45, 7) is 2.07. The van der Waals surface area contributed by atoms with E-state index in [1.807, 2.05) is 18.2 Å². The van der Waals surface area contributed by atoms with E-state index in [0.717, 1.165) is 24.1 Å². The van der Waals surface area contributed by atoms with E-state index < -0.39 is 0 Å². The van der Waals surface area contributed by atoms with E-state index >= 15 is 0 Å². The molecule has 1 aliphatic rings. The highest BCUT2D eigenvalue weighted by Gasteiger charge is 2.23. The normalized spacial score (nSPS) is 19.9. The van der Waals surface area contributed by atoms with Crippen molar-refractivity contribution in [3.8, 4) is 0 Å². The first kappa shape index (κ1) is 10.8. The van der Waals surface area contributed by atoms with Crippen molar-refractivity contribution in [2.45, 2.75) is 25.9 Å². The summed E-state index contributed by atoms with van der Waals surface area (Å²) in [4.78, 5) is 5.25. The zero-order valence-corrected chi connectivity index (χ0v) is 9.85. The lowest BCUT2D eigenvalue weighted by molar-refractivity contribution is 0.0829. The third-order valence-electron chi connectivity index (χ3n) is 2.44. The van der Waals surface area contributed by atoms with Crippen molar-refractivity contribution >= 4 is 28.9 Å². The lowest BCUT2D eigenvalue weighted by Crippen LogP contribution is -2.07. The van der Waals surface area contributed by atoms with E-state index in [4.69, 9.17) is 28.0 Å². The van der Waals surface area contributed by atoms with Crippen LogP contribution in [0.4, 0.5) is 0 Å². The molecule has 1 aromatic carbocycles. The summed E-state index contributed by atoms with van der Waals surface area (Å²) >= 11 is 12.2. The Morgan fingerprint density at radius 2 is 2.07 bits per heavy atom. The van der Waals surface area contributed by atoms with Crippen LogP contribution in [-0.4, -0.2) is 11.8 Å². The van der Waals surface area contributed by atoms with Gasteiger partial charge in [-0.25, -0.2) is 0 Å². The second-order valence-electron chi connectivity index (χ2n) is 3.47. The van der Waals surface area contributed by atoms with Gasteiger partial charge in [-0.3, -0.25) is 0 Å². The number of rotatable bonds is 2. The Balaban J connectivity index is 2.31. The molecule has 0 radical (unpaired) electrons. The lowest BCUT2D eigenvalue weighted by Gasteiger charge is -2.05. The number of nitrogens with zero attached hydrogens (tertiary/aromatic N) is 1. The molecule has 0 N–H and O–H groups in total. The largest absolute Gasteiger partial charge is 0.392 e. The van der Waals surface area contributed by atoms with Gasteiger partial charge in [0.1, 0.15) is 6.10 Å². The van der Waals surface area contributed by atoms with Crippen LogP contribution in [0.5, 0.6) is 0 Å². The Kier molecular flexibility index (Phi) is 3.17. The molecule has 1 atom stereocenters. The maximum atomic E-state index is 6.08. The number of oxime groups is 1. The molecule has 4 heteroatoms. The Labute approximate surface area is 98.8 Å². The highest BCUT2D eigenvalue weighted by atomic mass is 35.5. The first-order valence-corrected chi connectivity index (χ1v) is 5.65. The van der Waals surface area contributed by atoms with Crippen molar-refractivity contribution < 1.29 is 4.84 Å². The minimum Gasteiger partial charge on any atom is -0.392 e. The molecule has 0 saturated heterocycles. The Bertz CT molecular complexity index is 383. The quantitative estimate of drug-likeness (QED) is 0.773. The van der Waals surface area contributed by atoms with Gasteiger partial charge in [0.05, 0.1) is 15.8 Å². The van der Waals surface area contributed by atoms with Gasteiger partial charge < -0.3 is 4.84 Å². The average molecular weight is 244 g/mol. The fourth-order valence-electron chi connectivity index (χ4n) is 1.57. The van der Waals surface area contributed by atoms with Crippen molar-refractivity contribution in [3.05, 3.63) is 33.8 Å². The van der Waals surface area contributed by atoms with E-state index in [-0.39, 0.29) is 6.10 Å². The maximum absolute atomic E-state index is 6.08. The van der Waals surface area contributed by atoms with E-state index in [0.29, 0.717) is 10.0 Å². The summed E-state index contributed by atoms with van der Waals surface area (Å²) < 4.78 is 0. The Morgan fingerprint density at radius 3 is 2.60 bits per heavy atom. The third kappa shape index (κ3) is 2.11. The van der Waals surface area contributed by atoms with Crippen molar-refractivity contribution in [1.29, 1.82) is 0 Å². The van der Waals surface area contributed by atoms with E-state index in [2.05, 4.69) is 12.1 Å². The third-order valence-corrected chi connectivity index (χ3v) is 3.07. The molecule has 0 saturated carbocycles. The molecule has 1 aromatic rings. The maximum Gasteiger partial charge on any atom is 0.133 e. The van der Waals surface area contributed by atoms with Crippen LogP contribution in [0.25, 0.3) is 0 Å². The molecule has 0 amide bonds. The molecule has 0 aromatic heterocycles. The predicted octanol–water partition coefficient (Wildman–Crippen LogP) is 3.90. The summed E-state index contributed by atoms with van der Waals surface area (Å²) in [5.74, 6) is 0. The van der Waals surface area contributed by atoms with Crippen LogP contribution in [0, 0.1) is 0 Å². The minimum absolute atomic E-state index is 0.160. The van der Waals surface area contributed by atoms with Crippen molar-refractivity contribution in [1.82, 2.24) is 0 Å². The van der Waals surface area contributed by atoms with E-state index in [1.165, 1.54) is 0 Å². The van der Waals surface area contributed by atoms with E-state index in [9.17, 15) is 0 Å². The van der Waals surface area contributed by atoms with Crippen molar-refractivity contribution in [2.24, 2.45) is 5.16 Å². The van der Waals surface area contributed by atoms with Crippen LogP contribution in [0.3, 0.4) is 0 Å². The van der Waals surface area contributed by atoms with Crippen LogP contribution >= 0.6 is 23.2 Å². The standard InChI is InChI=1S/C11H11Cl2NO/c1-2-7-6-10(14-15-7)11-8(12)4-3-5-9(11)13/h3-5,7H,2,6H2,1H3. The van der Waals surface area contributed by atoms with Crippen molar-refractivity contribution in [3.63, 3.8) is 0 Å². The molecule has 0 fully saturated rings. The molecule has 1 unspecified atom stereocenters. The van der Waals surface area contributed by atoms with Gasteiger partial charge in [-0.15, -0.1) is 0 Å². The topological polar surface area (TPSA) is 21.6 Å². The fraction of sp³-hybridized carbons (Fsp3) is 0.364. The molecule has 80 valence electrons. The van der Waals surface area contributed by atoms with Crippen LogP contribution in [0.1, 0.15) is 25.3 Å². The number of hydrogen-bond donors (Lipinski definition) is 0. The smallest absolute Gasteiger partial charge is 0.133 e. The SMILES string of the molecule is CCC1CC(c2c(Cl)cccc2Cl)=NO1. The van der Waals surface area contributed by atoms with Gasteiger partial charge in [0.2, 0.25) is 0 Å². The number of benzene rings is 1. The van der Waals surface area contributed by atoms with E-state index in [1.54, 1.807) is 0 Å². The van der Waals surface area contributed by atoms with Gasteiger partial charge in [0.15, 0.2) is 0 Å². The van der Waals surface area contributed by atoms with Gasteiger partial charge >= 0.3 is 0 Å². The first-order valence-electron chi connectivity index (χ1n) is 4.89. The molecule has 15 heavy (non-hydrogen) atoms. The molecule has 0 spiro atoms. The molecule has 0 bridgehead atoms. The molecule has 2 rings (SSSR count). The summed E-state index contributed by atoms with van der Waals surface area (Å²) in [5, 5.41) is 5.28. The number of hydrogen-bond acceptors (Lipinski definition) is 2. The first-order chi connectivity index (χ1) is 7.22. The van der Waals surface area contributed by atoms with Gasteiger partial charge in [-0.05, 0) is 18.6 Å². The highest BCUT2D eigenvalue weighted by molar-refractivity contribution is 6.40. The summed E-state index contributed by atoms with van der Waals surface area (Å²) in [7, 11) is 0. The predicted molar refractivity (Wildman–Crippen MR) is 62.8 cm³/mol. The fourth-order valence-corrected chi connectivity index (χ4v) is 2.18. The highest BCUT2D eigenvalue weighted by Crippen LogP contribution is 2.29. The van der Waals surface area contributed by atoms with Gasteiger partial charge in [-0.2, -0.15) is 0 Å².